The Morgan fingerprint density at radius 3 is 2.12 bits per heavy atom. The third kappa shape index (κ3) is 2.78. The lowest BCUT2D eigenvalue weighted by Gasteiger charge is -2.53. The van der Waals surface area contributed by atoms with Crippen molar-refractivity contribution in [3.8, 4) is 0 Å². The molecule has 96 valence electrons. The van der Waals surface area contributed by atoms with Crippen LogP contribution in [0.25, 0.3) is 0 Å². The maximum absolute atomic E-state index is 3.73. The van der Waals surface area contributed by atoms with Gasteiger partial charge in [-0.1, -0.05) is 20.8 Å². The van der Waals surface area contributed by atoms with Crippen LogP contribution >= 0.6 is 0 Å². The maximum atomic E-state index is 3.73. The van der Waals surface area contributed by atoms with E-state index in [0.29, 0.717) is 11.1 Å². The maximum Gasteiger partial charge on any atom is 0.0281 e. The van der Waals surface area contributed by atoms with Gasteiger partial charge in [-0.25, -0.2) is 0 Å². The van der Waals surface area contributed by atoms with Gasteiger partial charge in [-0.05, 0) is 40.0 Å². The van der Waals surface area contributed by atoms with Gasteiger partial charge in [0.15, 0.2) is 0 Å². The van der Waals surface area contributed by atoms with Crippen molar-refractivity contribution in [3.63, 3.8) is 0 Å². The molecule has 1 heterocycles. The van der Waals surface area contributed by atoms with Crippen LogP contribution in [0, 0.1) is 0 Å². The van der Waals surface area contributed by atoms with Gasteiger partial charge in [0.05, 0.1) is 0 Å². The highest BCUT2D eigenvalue weighted by atomic mass is 15.3. The summed E-state index contributed by atoms with van der Waals surface area (Å²) < 4.78 is 0. The van der Waals surface area contributed by atoms with Crippen LogP contribution in [0.4, 0.5) is 0 Å². The first kappa shape index (κ1) is 14.0. The van der Waals surface area contributed by atoms with Crippen LogP contribution in [-0.4, -0.2) is 35.1 Å². The van der Waals surface area contributed by atoms with Crippen molar-refractivity contribution in [2.24, 2.45) is 0 Å². The predicted octanol–water partition coefficient (Wildman–Crippen LogP) is 3.03. The van der Waals surface area contributed by atoms with Gasteiger partial charge in [0, 0.05) is 30.2 Å². The van der Waals surface area contributed by atoms with Crippen LogP contribution in [0.15, 0.2) is 0 Å². The van der Waals surface area contributed by atoms with E-state index in [1.54, 1.807) is 0 Å². The summed E-state index contributed by atoms with van der Waals surface area (Å²) in [6.07, 6.45) is 3.74. The summed E-state index contributed by atoms with van der Waals surface area (Å²) in [6, 6.07) is 0.739. The third-order valence-corrected chi connectivity index (χ3v) is 4.41. The van der Waals surface area contributed by atoms with Crippen molar-refractivity contribution in [2.45, 2.75) is 77.9 Å². The fourth-order valence-corrected chi connectivity index (χ4v) is 2.77. The van der Waals surface area contributed by atoms with E-state index in [9.17, 15) is 0 Å². The quantitative estimate of drug-likeness (QED) is 0.792. The second-order valence-electron chi connectivity index (χ2n) is 6.18. The highest BCUT2D eigenvalue weighted by Crippen LogP contribution is 2.29. The molecule has 0 saturated carbocycles. The molecule has 0 aromatic rings. The lowest BCUT2D eigenvalue weighted by Crippen LogP contribution is -2.68. The van der Waals surface area contributed by atoms with Gasteiger partial charge in [-0.2, -0.15) is 0 Å². The van der Waals surface area contributed by atoms with E-state index >= 15 is 0 Å². The Morgan fingerprint density at radius 1 is 1.12 bits per heavy atom. The highest BCUT2D eigenvalue weighted by molar-refractivity contribution is 5.00. The summed E-state index contributed by atoms with van der Waals surface area (Å²) in [6.45, 7) is 16.3. The molecule has 0 bridgehead atoms. The average molecular weight is 226 g/mol. The van der Waals surface area contributed by atoms with Gasteiger partial charge in [-0.3, -0.25) is 4.90 Å². The summed E-state index contributed by atoms with van der Waals surface area (Å²) in [7, 11) is 0. The second-order valence-corrected chi connectivity index (χ2v) is 6.18. The molecular weight excluding hydrogens is 196 g/mol. The van der Waals surface area contributed by atoms with Gasteiger partial charge >= 0.3 is 0 Å². The second kappa shape index (κ2) is 5.05. The lowest BCUT2D eigenvalue weighted by atomic mass is 9.86. The molecule has 1 aliphatic rings. The van der Waals surface area contributed by atoms with E-state index in [2.05, 4.69) is 51.8 Å². The molecule has 0 aliphatic carbocycles. The Bertz CT molecular complexity index is 221. The fourth-order valence-electron chi connectivity index (χ4n) is 2.77. The average Bonchev–Trinajstić information content (AvgIpc) is 2.26. The first-order valence-electron chi connectivity index (χ1n) is 6.90. The van der Waals surface area contributed by atoms with Crippen molar-refractivity contribution in [1.29, 1.82) is 0 Å². The van der Waals surface area contributed by atoms with Gasteiger partial charge in [0.1, 0.15) is 0 Å². The van der Waals surface area contributed by atoms with Crippen LogP contribution in [0.5, 0.6) is 0 Å². The number of nitrogens with zero attached hydrogens (tertiary/aromatic N) is 1. The molecule has 0 spiro atoms. The zero-order chi connectivity index (χ0) is 12.4. The van der Waals surface area contributed by atoms with Crippen LogP contribution in [0.1, 0.15) is 60.8 Å². The minimum Gasteiger partial charge on any atom is -0.308 e. The van der Waals surface area contributed by atoms with Crippen LogP contribution in [0.2, 0.25) is 0 Å². The van der Waals surface area contributed by atoms with E-state index in [1.165, 1.54) is 25.8 Å². The molecule has 0 amide bonds. The topological polar surface area (TPSA) is 15.3 Å². The minimum absolute atomic E-state index is 0.297. The highest BCUT2D eigenvalue weighted by Gasteiger charge is 2.41. The summed E-state index contributed by atoms with van der Waals surface area (Å²) in [4.78, 5) is 2.73. The normalized spacial score (nSPS) is 30.9. The number of nitrogens with one attached hydrogen (secondary N) is 1. The molecule has 1 aliphatic heterocycles. The summed E-state index contributed by atoms with van der Waals surface area (Å²) >= 11 is 0. The fraction of sp³-hybridized carbons (Fsp3) is 1.00. The number of piperazine rings is 1. The molecule has 1 saturated heterocycles. The van der Waals surface area contributed by atoms with Crippen molar-refractivity contribution < 1.29 is 0 Å². The Kier molecular flexibility index (Phi) is 4.42. The van der Waals surface area contributed by atoms with Crippen LogP contribution in [-0.2, 0) is 0 Å². The number of hydrogen-bond acceptors (Lipinski definition) is 2. The largest absolute Gasteiger partial charge is 0.308 e. The molecule has 1 N–H and O–H groups in total. The summed E-state index contributed by atoms with van der Waals surface area (Å²) in [5.41, 5.74) is 0.601. The molecule has 2 heteroatoms. The zero-order valence-electron chi connectivity index (χ0n) is 12.1. The Balaban J connectivity index is 2.83. The van der Waals surface area contributed by atoms with Gasteiger partial charge in [0.2, 0.25) is 0 Å². The van der Waals surface area contributed by atoms with Crippen molar-refractivity contribution in [2.75, 3.05) is 13.1 Å². The monoisotopic (exact) mass is 226 g/mol. The molecule has 1 rings (SSSR count). The molecule has 16 heavy (non-hydrogen) atoms. The number of rotatable bonds is 4. The molecule has 0 aromatic heterocycles. The molecule has 0 radical (unpaired) electrons. The SMILES string of the molecule is CCC(CC)N1CC(C)(CC)NCC1(C)C. The van der Waals surface area contributed by atoms with E-state index in [0.717, 1.165) is 12.6 Å². The lowest BCUT2D eigenvalue weighted by molar-refractivity contribution is -0.00629. The smallest absolute Gasteiger partial charge is 0.0281 e. The van der Waals surface area contributed by atoms with E-state index in [1.807, 2.05) is 0 Å². The first-order valence-corrected chi connectivity index (χ1v) is 6.90. The van der Waals surface area contributed by atoms with Gasteiger partial charge in [-0.15, -0.1) is 0 Å². The molecule has 2 nitrogen and oxygen atoms in total. The Morgan fingerprint density at radius 2 is 1.69 bits per heavy atom. The molecule has 1 fully saturated rings. The van der Waals surface area contributed by atoms with Gasteiger partial charge in [0.25, 0.3) is 0 Å². The zero-order valence-corrected chi connectivity index (χ0v) is 12.1. The van der Waals surface area contributed by atoms with Crippen molar-refractivity contribution in [1.82, 2.24) is 10.2 Å². The first-order chi connectivity index (χ1) is 7.38. The number of hydrogen-bond donors (Lipinski definition) is 1. The Labute approximate surface area is 102 Å². The van der Waals surface area contributed by atoms with E-state index in [4.69, 9.17) is 0 Å². The predicted molar refractivity (Wildman–Crippen MR) is 71.9 cm³/mol. The minimum atomic E-state index is 0.297. The van der Waals surface area contributed by atoms with Crippen LogP contribution in [0.3, 0.4) is 0 Å². The molecule has 0 aromatic carbocycles. The van der Waals surface area contributed by atoms with E-state index in [-0.39, 0.29) is 0 Å². The van der Waals surface area contributed by atoms with Crippen molar-refractivity contribution in [3.05, 3.63) is 0 Å². The van der Waals surface area contributed by atoms with Gasteiger partial charge < -0.3 is 5.32 Å². The summed E-state index contributed by atoms with van der Waals surface area (Å²) in [5, 5.41) is 3.73. The standard InChI is InChI=1S/C14H30N2/c1-7-12(8-2)16-11-14(6,9-3)15-10-13(16,4)5/h12,15H,7-11H2,1-6H3. The molecule has 1 atom stereocenters. The van der Waals surface area contributed by atoms with Crippen molar-refractivity contribution >= 4 is 0 Å². The Hall–Kier alpha value is -0.0800. The van der Waals surface area contributed by atoms with E-state index < -0.39 is 0 Å². The van der Waals surface area contributed by atoms with Crippen LogP contribution < -0.4 is 5.32 Å². The summed E-state index contributed by atoms with van der Waals surface area (Å²) in [5.74, 6) is 0. The third-order valence-electron chi connectivity index (χ3n) is 4.41. The molecular formula is C14H30N2. The molecule has 1 unspecified atom stereocenters.